The molecule has 1 aromatic carbocycles. The SMILES string of the molecule is CC(C)c1ccc(OCC2CCCCC2NS(=O)(=O)C(C)C)cc1. The van der Waals surface area contributed by atoms with Crippen molar-refractivity contribution in [2.75, 3.05) is 6.61 Å². The molecule has 0 bridgehead atoms. The van der Waals surface area contributed by atoms with E-state index in [2.05, 4.69) is 30.7 Å². The Morgan fingerprint density at radius 2 is 1.71 bits per heavy atom. The van der Waals surface area contributed by atoms with Gasteiger partial charge < -0.3 is 4.74 Å². The highest BCUT2D eigenvalue weighted by Gasteiger charge is 2.30. The van der Waals surface area contributed by atoms with Crippen LogP contribution in [0.1, 0.15) is 64.9 Å². The Bertz CT molecular complexity index is 608. The standard InChI is InChI=1S/C19H31NO3S/c1-14(2)16-9-11-18(12-10-16)23-13-17-7-5-6-8-19(17)20-24(21,22)15(3)4/h9-12,14-15,17,19-20H,5-8,13H2,1-4H3. The molecule has 1 aromatic rings. The van der Waals surface area contributed by atoms with Crippen molar-refractivity contribution in [1.29, 1.82) is 0 Å². The summed E-state index contributed by atoms with van der Waals surface area (Å²) in [4.78, 5) is 0. The molecule has 0 aliphatic heterocycles. The molecule has 0 heterocycles. The summed E-state index contributed by atoms with van der Waals surface area (Å²) >= 11 is 0. The summed E-state index contributed by atoms with van der Waals surface area (Å²) in [5.41, 5.74) is 1.29. The van der Waals surface area contributed by atoms with Gasteiger partial charge in [0.1, 0.15) is 5.75 Å². The van der Waals surface area contributed by atoms with Crippen LogP contribution in [0.15, 0.2) is 24.3 Å². The van der Waals surface area contributed by atoms with E-state index in [4.69, 9.17) is 4.74 Å². The van der Waals surface area contributed by atoms with Crippen LogP contribution >= 0.6 is 0 Å². The molecule has 0 radical (unpaired) electrons. The van der Waals surface area contributed by atoms with Crippen LogP contribution in [0.25, 0.3) is 0 Å². The van der Waals surface area contributed by atoms with Crippen LogP contribution in [0.4, 0.5) is 0 Å². The summed E-state index contributed by atoms with van der Waals surface area (Å²) in [7, 11) is -3.23. The van der Waals surface area contributed by atoms with Gasteiger partial charge in [0.15, 0.2) is 0 Å². The lowest BCUT2D eigenvalue weighted by Crippen LogP contribution is -2.46. The van der Waals surface area contributed by atoms with Crippen molar-refractivity contribution < 1.29 is 13.2 Å². The first kappa shape index (κ1) is 19.3. The quantitative estimate of drug-likeness (QED) is 0.804. The molecule has 1 aliphatic carbocycles. The van der Waals surface area contributed by atoms with Gasteiger partial charge in [-0.05, 0) is 50.3 Å². The van der Waals surface area contributed by atoms with Gasteiger partial charge in [0.2, 0.25) is 10.0 Å². The Hall–Kier alpha value is -1.07. The van der Waals surface area contributed by atoms with Crippen molar-refractivity contribution in [2.24, 2.45) is 5.92 Å². The van der Waals surface area contributed by atoms with Gasteiger partial charge in [0.05, 0.1) is 11.9 Å². The largest absolute Gasteiger partial charge is 0.493 e. The molecule has 0 aromatic heterocycles. The van der Waals surface area contributed by atoms with Crippen LogP contribution in [0.3, 0.4) is 0 Å². The molecule has 4 nitrogen and oxygen atoms in total. The lowest BCUT2D eigenvalue weighted by molar-refractivity contribution is 0.180. The van der Waals surface area contributed by atoms with Crippen molar-refractivity contribution in [1.82, 2.24) is 4.72 Å². The van der Waals surface area contributed by atoms with E-state index in [1.807, 2.05) is 12.1 Å². The lowest BCUT2D eigenvalue weighted by atomic mass is 9.86. The first-order valence-corrected chi connectivity index (χ1v) is 10.6. The highest BCUT2D eigenvalue weighted by Crippen LogP contribution is 2.27. The van der Waals surface area contributed by atoms with E-state index in [0.717, 1.165) is 31.4 Å². The van der Waals surface area contributed by atoms with E-state index in [-0.39, 0.29) is 12.0 Å². The number of hydrogen-bond donors (Lipinski definition) is 1. The van der Waals surface area contributed by atoms with Crippen LogP contribution in [-0.4, -0.2) is 26.3 Å². The first-order valence-electron chi connectivity index (χ1n) is 9.03. The zero-order valence-corrected chi connectivity index (χ0v) is 16.1. The third kappa shape index (κ3) is 5.21. The van der Waals surface area contributed by atoms with E-state index in [0.29, 0.717) is 12.5 Å². The van der Waals surface area contributed by atoms with Crippen molar-refractivity contribution in [3.63, 3.8) is 0 Å². The number of rotatable bonds is 7. The van der Waals surface area contributed by atoms with E-state index < -0.39 is 15.3 Å². The minimum atomic E-state index is -3.23. The van der Waals surface area contributed by atoms with Crippen LogP contribution < -0.4 is 9.46 Å². The summed E-state index contributed by atoms with van der Waals surface area (Å²) in [6.45, 7) is 8.33. The van der Waals surface area contributed by atoms with Gasteiger partial charge in [-0.1, -0.05) is 38.8 Å². The minimum Gasteiger partial charge on any atom is -0.493 e. The fourth-order valence-electron chi connectivity index (χ4n) is 3.06. The van der Waals surface area contributed by atoms with Gasteiger partial charge in [-0.25, -0.2) is 13.1 Å². The summed E-state index contributed by atoms with van der Waals surface area (Å²) in [5, 5.41) is -0.399. The molecule has 0 spiro atoms. The van der Waals surface area contributed by atoms with E-state index >= 15 is 0 Å². The number of ether oxygens (including phenoxy) is 1. The second-order valence-corrected chi connectivity index (χ2v) is 9.67. The van der Waals surface area contributed by atoms with Crippen molar-refractivity contribution in [3.05, 3.63) is 29.8 Å². The number of sulfonamides is 1. The van der Waals surface area contributed by atoms with Gasteiger partial charge in [0, 0.05) is 12.0 Å². The van der Waals surface area contributed by atoms with Gasteiger partial charge in [0.25, 0.3) is 0 Å². The Morgan fingerprint density at radius 1 is 1.08 bits per heavy atom. The van der Waals surface area contributed by atoms with Crippen molar-refractivity contribution >= 4 is 10.0 Å². The van der Waals surface area contributed by atoms with Gasteiger partial charge in [-0.3, -0.25) is 0 Å². The first-order chi connectivity index (χ1) is 11.3. The third-order valence-corrected chi connectivity index (χ3v) is 6.73. The summed E-state index contributed by atoms with van der Waals surface area (Å²) in [6, 6.07) is 8.19. The molecule has 0 saturated heterocycles. The highest BCUT2D eigenvalue weighted by molar-refractivity contribution is 7.90. The maximum atomic E-state index is 12.2. The Labute approximate surface area is 147 Å². The van der Waals surface area contributed by atoms with E-state index in [9.17, 15) is 8.42 Å². The smallest absolute Gasteiger partial charge is 0.214 e. The molecule has 1 fully saturated rings. The van der Waals surface area contributed by atoms with E-state index in [1.54, 1.807) is 13.8 Å². The maximum absolute atomic E-state index is 12.2. The van der Waals surface area contributed by atoms with Crippen molar-refractivity contribution in [3.8, 4) is 5.75 Å². The molecule has 2 atom stereocenters. The molecule has 2 unspecified atom stereocenters. The molecule has 24 heavy (non-hydrogen) atoms. The molecule has 1 aliphatic rings. The molecule has 0 amide bonds. The van der Waals surface area contributed by atoms with Crippen LogP contribution in [-0.2, 0) is 10.0 Å². The van der Waals surface area contributed by atoms with Gasteiger partial charge >= 0.3 is 0 Å². The molecule has 136 valence electrons. The normalized spacial score (nSPS) is 22.1. The van der Waals surface area contributed by atoms with Crippen LogP contribution in [0.2, 0.25) is 0 Å². The molecule has 5 heteroatoms. The summed E-state index contributed by atoms with van der Waals surface area (Å²) in [5.74, 6) is 1.60. The maximum Gasteiger partial charge on any atom is 0.214 e. The number of nitrogens with one attached hydrogen (secondary N) is 1. The molecular formula is C19H31NO3S. The predicted octanol–water partition coefficient (Wildman–Crippen LogP) is 4.08. The topological polar surface area (TPSA) is 55.4 Å². The minimum absolute atomic E-state index is 0.0129. The Balaban J connectivity index is 1.96. The van der Waals surface area contributed by atoms with Gasteiger partial charge in [-0.15, -0.1) is 0 Å². The number of hydrogen-bond acceptors (Lipinski definition) is 3. The average Bonchev–Trinajstić information content (AvgIpc) is 2.54. The Morgan fingerprint density at radius 3 is 2.29 bits per heavy atom. The van der Waals surface area contributed by atoms with Crippen molar-refractivity contribution in [2.45, 2.75) is 70.6 Å². The zero-order chi connectivity index (χ0) is 17.7. The van der Waals surface area contributed by atoms with E-state index in [1.165, 1.54) is 5.56 Å². The number of benzene rings is 1. The zero-order valence-electron chi connectivity index (χ0n) is 15.3. The van der Waals surface area contributed by atoms with Crippen LogP contribution in [0, 0.1) is 5.92 Å². The lowest BCUT2D eigenvalue weighted by Gasteiger charge is -2.32. The average molecular weight is 354 g/mol. The molecule has 1 saturated carbocycles. The predicted molar refractivity (Wildman–Crippen MR) is 99.0 cm³/mol. The molecular weight excluding hydrogens is 322 g/mol. The molecule has 1 N–H and O–H groups in total. The summed E-state index contributed by atoms with van der Waals surface area (Å²) in [6.07, 6.45) is 4.12. The fraction of sp³-hybridized carbons (Fsp3) is 0.684. The van der Waals surface area contributed by atoms with Gasteiger partial charge in [-0.2, -0.15) is 0 Å². The highest BCUT2D eigenvalue weighted by atomic mass is 32.2. The second-order valence-electron chi connectivity index (χ2n) is 7.40. The molecule has 2 rings (SSSR count). The Kier molecular flexibility index (Phi) is 6.70. The fourth-order valence-corrected chi connectivity index (χ4v) is 4.07. The van der Waals surface area contributed by atoms with Crippen LogP contribution in [0.5, 0.6) is 5.75 Å². The summed E-state index contributed by atoms with van der Waals surface area (Å²) < 4.78 is 33.2. The second kappa shape index (κ2) is 8.34. The monoisotopic (exact) mass is 353 g/mol. The third-order valence-electron chi connectivity index (χ3n) is 4.86.